The van der Waals surface area contributed by atoms with E-state index in [0.717, 1.165) is 12.7 Å². The molecule has 0 amide bonds. The van der Waals surface area contributed by atoms with Crippen LogP contribution in [0.2, 0.25) is 0 Å². The van der Waals surface area contributed by atoms with Crippen LogP contribution in [0.1, 0.15) is 19.8 Å². The number of hydrogen-bond donors (Lipinski definition) is 0. The molecule has 0 unspecified atom stereocenters. The standard InChI is InChI=1S/C8H14O2/c1-8(4-3-6-9)5-7-10-2/h5-6H,3-4,7H2,1-2H3/b8-5+. The average Bonchev–Trinajstić information content (AvgIpc) is 1.97. The van der Waals surface area contributed by atoms with Gasteiger partial charge in [-0.3, -0.25) is 0 Å². The molecular weight excluding hydrogens is 128 g/mol. The maximum Gasteiger partial charge on any atom is 0.120 e. The van der Waals surface area contributed by atoms with Gasteiger partial charge in [-0.25, -0.2) is 0 Å². The van der Waals surface area contributed by atoms with Gasteiger partial charge < -0.3 is 9.53 Å². The van der Waals surface area contributed by atoms with Gasteiger partial charge in [-0.15, -0.1) is 0 Å². The molecule has 0 fully saturated rings. The Morgan fingerprint density at radius 2 is 2.30 bits per heavy atom. The first-order valence-corrected chi connectivity index (χ1v) is 3.39. The number of aldehydes is 1. The highest BCUT2D eigenvalue weighted by molar-refractivity contribution is 5.49. The molecule has 0 radical (unpaired) electrons. The highest BCUT2D eigenvalue weighted by atomic mass is 16.5. The Labute approximate surface area is 61.9 Å². The van der Waals surface area contributed by atoms with Gasteiger partial charge >= 0.3 is 0 Å². The van der Waals surface area contributed by atoms with E-state index in [2.05, 4.69) is 0 Å². The first-order chi connectivity index (χ1) is 4.81. The second-order valence-electron chi connectivity index (χ2n) is 2.21. The van der Waals surface area contributed by atoms with E-state index < -0.39 is 0 Å². The third kappa shape index (κ3) is 5.51. The fourth-order valence-corrected chi connectivity index (χ4v) is 0.614. The third-order valence-corrected chi connectivity index (χ3v) is 1.25. The number of carbonyl (C=O) groups is 1. The molecule has 2 heteroatoms. The van der Waals surface area contributed by atoms with E-state index in [-0.39, 0.29) is 0 Å². The van der Waals surface area contributed by atoms with Crippen molar-refractivity contribution in [3.05, 3.63) is 11.6 Å². The number of ether oxygens (including phenoxy) is 1. The molecule has 58 valence electrons. The summed E-state index contributed by atoms with van der Waals surface area (Å²) in [7, 11) is 1.66. The Morgan fingerprint density at radius 3 is 2.80 bits per heavy atom. The molecule has 0 spiro atoms. The van der Waals surface area contributed by atoms with Crippen LogP contribution in [-0.2, 0) is 9.53 Å². The Hall–Kier alpha value is -0.630. The van der Waals surface area contributed by atoms with Gasteiger partial charge in [-0.05, 0) is 13.3 Å². The molecule has 10 heavy (non-hydrogen) atoms. The number of allylic oxidation sites excluding steroid dienone is 1. The second kappa shape index (κ2) is 6.49. The lowest BCUT2D eigenvalue weighted by molar-refractivity contribution is -0.107. The van der Waals surface area contributed by atoms with Crippen LogP contribution in [0.3, 0.4) is 0 Å². The molecule has 0 saturated heterocycles. The van der Waals surface area contributed by atoms with Crippen LogP contribution >= 0.6 is 0 Å². The minimum atomic E-state index is 0.617. The van der Waals surface area contributed by atoms with Crippen LogP contribution in [-0.4, -0.2) is 20.0 Å². The van der Waals surface area contributed by atoms with Gasteiger partial charge in [0.05, 0.1) is 6.61 Å². The lowest BCUT2D eigenvalue weighted by atomic mass is 10.2. The Bertz CT molecular complexity index is 116. The van der Waals surface area contributed by atoms with E-state index in [9.17, 15) is 4.79 Å². The first-order valence-electron chi connectivity index (χ1n) is 3.39. The van der Waals surface area contributed by atoms with E-state index in [1.54, 1.807) is 7.11 Å². The quantitative estimate of drug-likeness (QED) is 0.430. The zero-order valence-corrected chi connectivity index (χ0v) is 6.59. The van der Waals surface area contributed by atoms with E-state index in [1.165, 1.54) is 5.57 Å². The monoisotopic (exact) mass is 142 g/mol. The summed E-state index contributed by atoms with van der Waals surface area (Å²) in [6.07, 6.45) is 4.40. The summed E-state index contributed by atoms with van der Waals surface area (Å²) >= 11 is 0. The Balaban J connectivity index is 3.38. The highest BCUT2D eigenvalue weighted by Crippen LogP contribution is 2.00. The number of carbonyl (C=O) groups excluding carboxylic acids is 1. The third-order valence-electron chi connectivity index (χ3n) is 1.25. The number of hydrogen-bond acceptors (Lipinski definition) is 2. The topological polar surface area (TPSA) is 26.3 Å². The molecular formula is C8H14O2. The van der Waals surface area contributed by atoms with Crippen molar-refractivity contribution in [3.63, 3.8) is 0 Å². The maximum absolute atomic E-state index is 9.92. The van der Waals surface area contributed by atoms with Crippen molar-refractivity contribution < 1.29 is 9.53 Å². The van der Waals surface area contributed by atoms with Gasteiger partial charge in [-0.2, -0.15) is 0 Å². The van der Waals surface area contributed by atoms with Crippen molar-refractivity contribution in [2.24, 2.45) is 0 Å². The summed E-state index contributed by atoms with van der Waals surface area (Å²) in [6, 6.07) is 0. The molecule has 2 nitrogen and oxygen atoms in total. The van der Waals surface area contributed by atoms with E-state index in [1.807, 2.05) is 13.0 Å². The van der Waals surface area contributed by atoms with Gasteiger partial charge in [-0.1, -0.05) is 11.6 Å². The average molecular weight is 142 g/mol. The summed E-state index contributed by atoms with van der Waals surface area (Å²) in [4.78, 5) is 9.92. The SMILES string of the molecule is COC/C=C(\C)CCC=O. The Kier molecular flexibility index (Phi) is 6.08. The molecule has 0 aromatic heterocycles. The van der Waals surface area contributed by atoms with Crippen LogP contribution in [0, 0.1) is 0 Å². The molecule has 0 N–H and O–H groups in total. The summed E-state index contributed by atoms with van der Waals surface area (Å²) in [5.41, 5.74) is 1.22. The molecule has 0 rings (SSSR count). The molecule has 0 aromatic rings. The minimum Gasteiger partial charge on any atom is -0.381 e. The molecule has 0 bridgehead atoms. The van der Waals surface area contributed by atoms with Crippen LogP contribution in [0.5, 0.6) is 0 Å². The lowest BCUT2D eigenvalue weighted by Gasteiger charge is -1.95. The second-order valence-corrected chi connectivity index (χ2v) is 2.21. The fourth-order valence-electron chi connectivity index (χ4n) is 0.614. The van der Waals surface area contributed by atoms with Crippen molar-refractivity contribution in [1.82, 2.24) is 0 Å². The van der Waals surface area contributed by atoms with Gasteiger partial charge in [0.1, 0.15) is 6.29 Å². The van der Waals surface area contributed by atoms with Crippen molar-refractivity contribution in [3.8, 4) is 0 Å². The molecule has 0 heterocycles. The predicted molar refractivity (Wildman–Crippen MR) is 40.9 cm³/mol. The lowest BCUT2D eigenvalue weighted by Crippen LogP contribution is -1.85. The van der Waals surface area contributed by atoms with Crippen molar-refractivity contribution in [2.75, 3.05) is 13.7 Å². The Morgan fingerprint density at radius 1 is 1.60 bits per heavy atom. The normalized spacial score (nSPS) is 11.6. The summed E-state index contributed by atoms with van der Waals surface area (Å²) in [6.45, 7) is 2.65. The minimum absolute atomic E-state index is 0.617. The van der Waals surface area contributed by atoms with Gasteiger partial charge in [0, 0.05) is 13.5 Å². The summed E-state index contributed by atoms with van der Waals surface area (Å²) in [5, 5.41) is 0. The number of rotatable bonds is 5. The van der Waals surface area contributed by atoms with Crippen LogP contribution in [0.15, 0.2) is 11.6 Å². The summed E-state index contributed by atoms with van der Waals surface area (Å²) in [5.74, 6) is 0. The first kappa shape index (κ1) is 9.37. The van der Waals surface area contributed by atoms with Crippen LogP contribution in [0.4, 0.5) is 0 Å². The summed E-state index contributed by atoms with van der Waals surface area (Å²) < 4.78 is 4.83. The van der Waals surface area contributed by atoms with Crippen molar-refractivity contribution in [2.45, 2.75) is 19.8 Å². The largest absolute Gasteiger partial charge is 0.381 e. The van der Waals surface area contributed by atoms with Gasteiger partial charge in [0.15, 0.2) is 0 Å². The smallest absolute Gasteiger partial charge is 0.120 e. The van der Waals surface area contributed by atoms with Crippen LogP contribution in [0.25, 0.3) is 0 Å². The van der Waals surface area contributed by atoms with Gasteiger partial charge in [0.25, 0.3) is 0 Å². The maximum atomic E-state index is 9.92. The van der Waals surface area contributed by atoms with Crippen molar-refractivity contribution in [1.29, 1.82) is 0 Å². The molecule has 0 aliphatic carbocycles. The fraction of sp³-hybridized carbons (Fsp3) is 0.625. The zero-order valence-electron chi connectivity index (χ0n) is 6.59. The molecule has 0 saturated carbocycles. The molecule has 0 aliphatic rings. The number of methoxy groups -OCH3 is 1. The van der Waals surface area contributed by atoms with Gasteiger partial charge in [0.2, 0.25) is 0 Å². The highest BCUT2D eigenvalue weighted by Gasteiger charge is 1.87. The predicted octanol–water partition coefficient (Wildman–Crippen LogP) is 1.56. The molecule has 0 atom stereocenters. The van der Waals surface area contributed by atoms with E-state index in [4.69, 9.17) is 4.74 Å². The van der Waals surface area contributed by atoms with E-state index in [0.29, 0.717) is 13.0 Å². The zero-order chi connectivity index (χ0) is 7.82. The van der Waals surface area contributed by atoms with E-state index >= 15 is 0 Å². The van der Waals surface area contributed by atoms with Crippen molar-refractivity contribution >= 4 is 6.29 Å². The van der Waals surface area contributed by atoms with Crippen LogP contribution < -0.4 is 0 Å². The molecule has 0 aliphatic heterocycles. The molecule has 0 aromatic carbocycles.